The Bertz CT molecular complexity index is 656. The van der Waals surface area contributed by atoms with Crippen molar-refractivity contribution < 1.29 is 19.2 Å². The van der Waals surface area contributed by atoms with E-state index in [1.807, 2.05) is 0 Å². The predicted octanol–water partition coefficient (Wildman–Crippen LogP) is 1.91. The van der Waals surface area contributed by atoms with E-state index in [4.69, 9.17) is 9.47 Å². The number of hydrogen-bond donors (Lipinski definition) is 1. The Balaban J connectivity index is 2.54. The molecule has 2 amide bonds. The summed E-state index contributed by atoms with van der Waals surface area (Å²) in [6, 6.07) is 3.67. The van der Waals surface area contributed by atoms with Crippen molar-refractivity contribution in [2.45, 2.75) is 13.0 Å². The first kappa shape index (κ1) is 15.6. The molecular weight excluding hydrogens is 290 g/mol. The topological polar surface area (TPSA) is 93.9 Å². The van der Waals surface area contributed by atoms with E-state index in [1.54, 1.807) is 25.1 Å². The van der Waals surface area contributed by atoms with Crippen LogP contribution in [0.15, 0.2) is 29.6 Å². The number of hydrogen-bond acceptors (Lipinski definition) is 5. The molecule has 22 heavy (non-hydrogen) atoms. The molecule has 0 bridgehead atoms. The Morgan fingerprint density at radius 3 is 2.45 bits per heavy atom. The summed E-state index contributed by atoms with van der Waals surface area (Å²) in [6.45, 7) is 1.55. The molecule has 0 aromatic heterocycles. The van der Waals surface area contributed by atoms with Gasteiger partial charge in [-0.15, -0.1) is 0 Å². The van der Waals surface area contributed by atoms with Crippen LogP contribution in [0, 0.1) is 10.1 Å². The van der Waals surface area contributed by atoms with Crippen LogP contribution in [0.2, 0.25) is 0 Å². The monoisotopic (exact) mass is 307 g/mol. The van der Waals surface area contributed by atoms with E-state index in [-0.39, 0.29) is 5.70 Å². The molecule has 1 aliphatic rings. The number of nitro groups is 1. The third-order valence-electron chi connectivity index (χ3n) is 3.66. The summed E-state index contributed by atoms with van der Waals surface area (Å²) in [4.78, 5) is 24.1. The summed E-state index contributed by atoms with van der Waals surface area (Å²) < 4.78 is 10.3. The number of methoxy groups -OCH3 is 2. The summed E-state index contributed by atoms with van der Waals surface area (Å²) in [6.07, 6.45) is 0. The second kappa shape index (κ2) is 5.92. The zero-order valence-corrected chi connectivity index (χ0v) is 12.7. The van der Waals surface area contributed by atoms with E-state index in [9.17, 15) is 14.9 Å². The lowest BCUT2D eigenvalue weighted by molar-refractivity contribution is -0.433. The molecule has 0 aliphatic carbocycles. The summed E-state index contributed by atoms with van der Waals surface area (Å²) in [7, 11) is 4.46. The van der Waals surface area contributed by atoms with Gasteiger partial charge in [-0.3, -0.25) is 15.0 Å². The van der Waals surface area contributed by atoms with Crippen molar-refractivity contribution in [3.8, 4) is 11.5 Å². The van der Waals surface area contributed by atoms with Crippen LogP contribution in [0.25, 0.3) is 0 Å². The number of allylic oxidation sites excluding steroid dienone is 1. The van der Waals surface area contributed by atoms with Gasteiger partial charge >= 0.3 is 6.03 Å². The van der Waals surface area contributed by atoms with Crippen molar-refractivity contribution in [1.82, 2.24) is 10.2 Å². The molecule has 0 unspecified atom stereocenters. The van der Waals surface area contributed by atoms with E-state index >= 15 is 0 Å². The molecule has 1 atom stereocenters. The smallest absolute Gasteiger partial charge is 0.322 e. The lowest BCUT2D eigenvalue weighted by Crippen LogP contribution is -2.45. The fourth-order valence-electron chi connectivity index (χ4n) is 2.33. The van der Waals surface area contributed by atoms with Crippen molar-refractivity contribution in [2.24, 2.45) is 0 Å². The molecule has 1 N–H and O–H groups in total. The molecule has 0 spiro atoms. The number of benzene rings is 1. The highest BCUT2D eigenvalue weighted by atomic mass is 16.6. The van der Waals surface area contributed by atoms with Gasteiger partial charge in [-0.2, -0.15) is 0 Å². The number of nitrogens with one attached hydrogen (secondary N) is 1. The molecule has 2 rings (SSSR count). The van der Waals surface area contributed by atoms with E-state index in [2.05, 4.69) is 5.32 Å². The van der Waals surface area contributed by atoms with E-state index < -0.39 is 17.0 Å². The van der Waals surface area contributed by atoms with Gasteiger partial charge in [0.25, 0.3) is 5.70 Å². The minimum Gasteiger partial charge on any atom is -0.493 e. The largest absolute Gasteiger partial charge is 0.493 e. The van der Waals surface area contributed by atoms with Crippen LogP contribution < -0.4 is 14.8 Å². The van der Waals surface area contributed by atoms with Crippen LogP contribution in [0.4, 0.5) is 4.79 Å². The van der Waals surface area contributed by atoms with Gasteiger partial charge in [0, 0.05) is 7.05 Å². The Morgan fingerprint density at radius 1 is 1.27 bits per heavy atom. The van der Waals surface area contributed by atoms with Gasteiger partial charge in [-0.05, 0) is 24.6 Å². The zero-order chi connectivity index (χ0) is 16.4. The molecule has 1 aromatic carbocycles. The number of nitrogens with zero attached hydrogens (tertiary/aromatic N) is 2. The van der Waals surface area contributed by atoms with Crippen molar-refractivity contribution in [2.75, 3.05) is 21.3 Å². The summed E-state index contributed by atoms with van der Waals surface area (Å²) in [5, 5.41) is 14.0. The normalized spacial score (nSPS) is 18.1. The quantitative estimate of drug-likeness (QED) is 0.677. The van der Waals surface area contributed by atoms with Crippen molar-refractivity contribution >= 4 is 6.03 Å². The Kier molecular flexibility index (Phi) is 4.20. The maximum atomic E-state index is 11.9. The summed E-state index contributed by atoms with van der Waals surface area (Å²) >= 11 is 0. The van der Waals surface area contributed by atoms with Crippen molar-refractivity contribution in [1.29, 1.82) is 0 Å². The first-order valence-corrected chi connectivity index (χ1v) is 6.52. The molecule has 1 aromatic rings. The molecule has 1 heterocycles. The fraction of sp³-hybridized carbons (Fsp3) is 0.357. The highest BCUT2D eigenvalue weighted by molar-refractivity contribution is 5.78. The summed E-state index contributed by atoms with van der Waals surface area (Å²) in [5.74, 6) is 0.947. The second-order valence-corrected chi connectivity index (χ2v) is 4.78. The summed E-state index contributed by atoms with van der Waals surface area (Å²) in [5.41, 5.74) is 0.771. The Labute approximate surface area is 127 Å². The molecule has 0 saturated heterocycles. The first-order chi connectivity index (χ1) is 10.4. The molecule has 1 aliphatic heterocycles. The SMILES string of the molecule is COc1ccc([C@H]2NC(=O)N(C)C(C)=C2[N+](=O)[O-])cc1OC. The first-order valence-electron chi connectivity index (χ1n) is 6.52. The average molecular weight is 307 g/mol. The van der Waals surface area contributed by atoms with Gasteiger partial charge in [0.15, 0.2) is 11.5 Å². The van der Waals surface area contributed by atoms with Crippen molar-refractivity contribution in [3.63, 3.8) is 0 Å². The number of amides is 2. The van der Waals surface area contributed by atoms with Crippen molar-refractivity contribution in [3.05, 3.63) is 45.3 Å². The zero-order valence-electron chi connectivity index (χ0n) is 12.7. The number of ether oxygens (including phenoxy) is 2. The van der Waals surface area contributed by atoms with Crippen LogP contribution in [0.3, 0.4) is 0 Å². The molecule has 8 heteroatoms. The lowest BCUT2D eigenvalue weighted by atomic mass is 10.00. The third kappa shape index (κ3) is 2.54. The van der Waals surface area contributed by atoms with Gasteiger partial charge in [0.2, 0.25) is 0 Å². The van der Waals surface area contributed by atoms with E-state index in [1.165, 1.54) is 26.2 Å². The highest BCUT2D eigenvalue weighted by Crippen LogP contribution is 2.35. The molecule has 8 nitrogen and oxygen atoms in total. The van der Waals surface area contributed by atoms with Crippen LogP contribution in [0.5, 0.6) is 11.5 Å². The number of carbonyl (C=O) groups excluding carboxylic acids is 1. The van der Waals surface area contributed by atoms with Crippen LogP contribution >= 0.6 is 0 Å². The second-order valence-electron chi connectivity index (χ2n) is 4.78. The van der Waals surface area contributed by atoms with Crippen LogP contribution in [0.1, 0.15) is 18.5 Å². The van der Waals surface area contributed by atoms with Gasteiger partial charge in [-0.25, -0.2) is 4.79 Å². The molecular formula is C14H17N3O5. The third-order valence-corrected chi connectivity index (χ3v) is 3.66. The van der Waals surface area contributed by atoms with E-state index in [0.29, 0.717) is 22.8 Å². The van der Waals surface area contributed by atoms with Gasteiger partial charge in [0.1, 0.15) is 6.04 Å². The number of urea groups is 1. The maximum absolute atomic E-state index is 11.9. The maximum Gasteiger partial charge on any atom is 0.322 e. The van der Waals surface area contributed by atoms with Gasteiger partial charge < -0.3 is 14.8 Å². The van der Waals surface area contributed by atoms with E-state index in [0.717, 1.165) is 0 Å². The standard InChI is InChI=1S/C14H17N3O5/c1-8-13(17(19)20)12(15-14(18)16(8)2)9-5-6-10(21-3)11(7-9)22-4/h5-7,12H,1-4H3,(H,15,18)/t12-/m1/s1. The minimum atomic E-state index is -0.849. The molecule has 0 fully saturated rings. The number of carbonyl (C=O) groups is 1. The van der Waals surface area contributed by atoms with Gasteiger partial charge in [-0.1, -0.05) is 6.07 Å². The minimum absolute atomic E-state index is 0.0747. The molecule has 0 radical (unpaired) electrons. The average Bonchev–Trinajstić information content (AvgIpc) is 2.51. The lowest BCUT2D eigenvalue weighted by Gasteiger charge is -2.29. The number of rotatable bonds is 4. The Hall–Kier alpha value is -2.77. The van der Waals surface area contributed by atoms with Gasteiger partial charge in [0.05, 0.1) is 24.8 Å². The van der Waals surface area contributed by atoms with Crippen LogP contribution in [-0.4, -0.2) is 37.1 Å². The Morgan fingerprint density at radius 2 is 1.91 bits per heavy atom. The fourth-order valence-corrected chi connectivity index (χ4v) is 2.33. The highest BCUT2D eigenvalue weighted by Gasteiger charge is 2.38. The molecule has 118 valence electrons. The van der Waals surface area contributed by atoms with Crippen LogP contribution in [-0.2, 0) is 0 Å². The molecule has 0 saturated carbocycles. The predicted molar refractivity (Wildman–Crippen MR) is 78.3 cm³/mol.